The number of carbonyl (C=O) groups is 3. The third kappa shape index (κ3) is 2.29. The van der Waals surface area contributed by atoms with E-state index in [-0.39, 0.29) is 18.9 Å². The first kappa shape index (κ1) is 13.1. The second-order valence-corrected chi connectivity index (χ2v) is 4.09. The minimum atomic E-state index is -0.604. The lowest BCUT2D eigenvalue weighted by atomic mass is 10.1. The number of methoxy groups -OCH3 is 1. The highest BCUT2D eigenvalue weighted by Crippen LogP contribution is 2.32. The molecule has 0 unspecified atom stereocenters. The molecule has 0 atom stereocenters. The second kappa shape index (κ2) is 5.09. The maximum atomic E-state index is 11.9. The third-order valence-corrected chi connectivity index (χ3v) is 3.02. The molecule has 1 aliphatic rings. The maximum Gasteiger partial charge on any atom is 0.299 e. The quantitative estimate of drug-likeness (QED) is 0.795. The first-order valence-corrected chi connectivity index (χ1v) is 5.83. The summed E-state index contributed by atoms with van der Waals surface area (Å²) >= 11 is 0. The van der Waals surface area contributed by atoms with E-state index in [1.54, 1.807) is 18.2 Å². The van der Waals surface area contributed by atoms with Crippen LogP contribution in [0.1, 0.15) is 16.8 Å². The molecule has 0 saturated carbocycles. The van der Waals surface area contributed by atoms with Crippen molar-refractivity contribution in [1.82, 2.24) is 5.32 Å². The molecule has 1 N–H and O–H groups in total. The van der Waals surface area contributed by atoms with Gasteiger partial charge in [-0.2, -0.15) is 0 Å². The molecule has 19 heavy (non-hydrogen) atoms. The number of hydrogen-bond donors (Lipinski definition) is 1. The lowest BCUT2D eigenvalue weighted by molar-refractivity contribution is -0.120. The van der Waals surface area contributed by atoms with Crippen LogP contribution in [0, 0.1) is 0 Å². The van der Waals surface area contributed by atoms with Crippen molar-refractivity contribution in [2.75, 3.05) is 25.6 Å². The molecule has 1 aliphatic heterocycles. The zero-order valence-electron chi connectivity index (χ0n) is 10.7. The van der Waals surface area contributed by atoms with E-state index in [0.717, 1.165) is 0 Å². The summed E-state index contributed by atoms with van der Waals surface area (Å²) in [5.74, 6) is -0.774. The number of anilines is 1. The Bertz CT molecular complexity index is 554. The minimum absolute atomic E-state index is 0.145. The van der Waals surface area contributed by atoms with E-state index in [2.05, 4.69) is 5.32 Å². The van der Waals surface area contributed by atoms with Gasteiger partial charge in [-0.3, -0.25) is 14.4 Å². The van der Waals surface area contributed by atoms with Gasteiger partial charge in [-0.25, -0.2) is 0 Å². The predicted octanol–water partition coefficient (Wildman–Crippen LogP) is 0.361. The van der Waals surface area contributed by atoms with Gasteiger partial charge in [-0.1, -0.05) is 0 Å². The van der Waals surface area contributed by atoms with Gasteiger partial charge in [0.15, 0.2) is 0 Å². The number of amides is 2. The Morgan fingerprint density at radius 1 is 1.37 bits per heavy atom. The lowest BCUT2D eigenvalue weighted by Gasteiger charge is -2.16. The van der Waals surface area contributed by atoms with Gasteiger partial charge in [0, 0.05) is 26.1 Å². The van der Waals surface area contributed by atoms with Gasteiger partial charge in [0.2, 0.25) is 5.91 Å². The first-order valence-electron chi connectivity index (χ1n) is 5.83. The first-order chi connectivity index (χ1) is 9.08. The standard InChI is InChI=1S/C13H14N2O4/c1-14-11(16)5-6-15-10-7-8(19-2)3-4-9(10)12(17)13(15)18/h3-4,7H,5-6H2,1-2H3,(H,14,16). The van der Waals surface area contributed by atoms with Crippen LogP contribution in [0.4, 0.5) is 5.69 Å². The van der Waals surface area contributed by atoms with Gasteiger partial charge >= 0.3 is 0 Å². The van der Waals surface area contributed by atoms with Gasteiger partial charge in [-0.15, -0.1) is 0 Å². The van der Waals surface area contributed by atoms with E-state index in [0.29, 0.717) is 17.0 Å². The van der Waals surface area contributed by atoms with Gasteiger partial charge in [0.1, 0.15) is 5.75 Å². The summed E-state index contributed by atoms with van der Waals surface area (Å²) < 4.78 is 5.08. The van der Waals surface area contributed by atoms with Crippen LogP contribution < -0.4 is 15.0 Å². The smallest absolute Gasteiger partial charge is 0.299 e. The van der Waals surface area contributed by atoms with Crippen LogP contribution in [-0.4, -0.2) is 38.3 Å². The van der Waals surface area contributed by atoms with Crippen LogP contribution in [0.15, 0.2) is 18.2 Å². The molecule has 2 amide bonds. The fraction of sp³-hybridized carbons (Fsp3) is 0.308. The van der Waals surface area contributed by atoms with Crippen molar-refractivity contribution in [3.8, 4) is 5.75 Å². The third-order valence-electron chi connectivity index (χ3n) is 3.02. The molecule has 0 aliphatic carbocycles. The lowest BCUT2D eigenvalue weighted by Crippen LogP contribution is -2.33. The highest BCUT2D eigenvalue weighted by molar-refractivity contribution is 6.52. The number of nitrogens with zero attached hydrogens (tertiary/aromatic N) is 1. The molecule has 0 bridgehead atoms. The van der Waals surface area contributed by atoms with Crippen LogP contribution in [0.5, 0.6) is 5.75 Å². The number of carbonyl (C=O) groups excluding carboxylic acids is 3. The Morgan fingerprint density at radius 3 is 2.74 bits per heavy atom. The Morgan fingerprint density at radius 2 is 2.11 bits per heavy atom. The number of ketones is 1. The highest BCUT2D eigenvalue weighted by atomic mass is 16.5. The molecule has 0 fully saturated rings. The molecule has 6 nitrogen and oxygen atoms in total. The Kier molecular flexibility index (Phi) is 3.50. The number of ether oxygens (including phenoxy) is 1. The fourth-order valence-corrected chi connectivity index (χ4v) is 1.96. The zero-order valence-corrected chi connectivity index (χ0v) is 10.7. The monoisotopic (exact) mass is 262 g/mol. The second-order valence-electron chi connectivity index (χ2n) is 4.09. The van der Waals surface area contributed by atoms with Crippen LogP contribution >= 0.6 is 0 Å². The van der Waals surface area contributed by atoms with E-state index >= 15 is 0 Å². The largest absolute Gasteiger partial charge is 0.497 e. The molecule has 0 aromatic heterocycles. The van der Waals surface area contributed by atoms with Crippen molar-refractivity contribution in [3.63, 3.8) is 0 Å². The van der Waals surface area contributed by atoms with Crippen LogP contribution in [0.2, 0.25) is 0 Å². The average Bonchev–Trinajstić information content (AvgIpc) is 2.68. The summed E-state index contributed by atoms with van der Waals surface area (Å²) in [7, 11) is 3.03. The summed E-state index contributed by atoms with van der Waals surface area (Å²) in [5.41, 5.74) is 0.848. The topological polar surface area (TPSA) is 75.7 Å². The van der Waals surface area contributed by atoms with Crippen molar-refractivity contribution in [1.29, 1.82) is 0 Å². The van der Waals surface area contributed by atoms with E-state index < -0.39 is 11.7 Å². The van der Waals surface area contributed by atoms with E-state index in [1.807, 2.05) is 0 Å². The van der Waals surface area contributed by atoms with Gasteiger partial charge in [-0.05, 0) is 12.1 Å². The Hall–Kier alpha value is -2.37. The maximum absolute atomic E-state index is 11.9. The fourth-order valence-electron chi connectivity index (χ4n) is 1.96. The van der Waals surface area contributed by atoms with E-state index in [4.69, 9.17) is 4.74 Å². The van der Waals surface area contributed by atoms with Crippen molar-refractivity contribution in [2.45, 2.75) is 6.42 Å². The molecule has 0 spiro atoms. The predicted molar refractivity (Wildman–Crippen MR) is 68.4 cm³/mol. The average molecular weight is 262 g/mol. The molecule has 1 aromatic rings. The van der Waals surface area contributed by atoms with Crippen molar-refractivity contribution in [2.24, 2.45) is 0 Å². The van der Waals surface area contributed by atoms with Crippen LogP contribution in [0.25, 0.3) is 0 Å². The van der Waals surface area contributed by atoms with Crippen molar-refractivity contribution in [3.05, 3.63) is 23.8 Å². The number of Topliss-reactive ketones (excluding diaryl/α,β-unsaturated/α-hetero) is 1. The Labute approximate surface area is 110 Å². The molecule has 0 radical (unpaired) electrons. The summed E-state index contributed by atoms with van der Waals surface area (Å²) in [5, 5.41) is 2.47. The zero-order chi connectivity index (χ0) is 14.0. The molecule has 6 heteroatoms. The molecular formula is C13H14N2O4. The minimum Gasteiger partial charge on any atom is -0.497 e. The van der Waals surface area contributed by atoms with Crippen molar-refractivity contribution >= 4 is 23.3 Å². The summed E-state index contributed by atoms with van der Waals surface area (Å²) in [6, 6.07) is 4.82. The van der Waals surface area contributed by atoms with Crippen LogP contribution in [0.3, 0.4) is 0 Å². The molecule has 100 valence electrons. The summed E-state index contributed by atoms with van der Waals surface area (Å²) in [6.45, 7) is 0.171. The van der Waals surface area contributed by atoms with Crippen LogP contribution in [-0.2, 0) is 9.59 Å². The molecule has 2 rings (SSSR count). The van der Waals surface area contributed by atoms with Gasteiger partial charge in [0.05, 0.1) is 18.4 Å². The van der Waals surface area contributed by atoms with Gasteiger partial charge < -0.3 is 15.0 Å². The molecule has 0 saturated heterocycles. The van der Waals surface area contributed by atoms with E-state index in [9.17, 15) is 14.4 Å². The molecule has 1 aromatic carbocycles. The highest BCUT2D eigenvalue weighted by Gasteiger charge is 2.35. The summed E-state index contributed by atoms with van der Waals surface area (Å²) in [6.07, 6.45) is 0.145. The number of hydrogen-bond acceptors (Lipinski definition) is 4. The number of nitrogens with one attached hydrogen (secondary N) is 1. The van der Waals surface area contributed by atoms with Gasteiger partial charge in [0.25, 0.3) is 11.7 Å². The summed E-state index contributed by atoms with van der Waals surface area (Å²) in [4.78, 5) is 36.2. The number of rotatable bonds is 4. The van der Waals surface area contributed by atoms with Crippen molar-refractivity contribution < 1.29 is 19.1 Å². The van der Waals surface area contributed by atoms with E-state index in [1.165, 1.54) is 19.1 Å². The normalized spacial score (nSPS) is 13.5. The Balaban J connectivity index is 2.28. The molecular weight excluding hydrogens is 248 g/mol. The number of fused-ring (bicyclic) bond motifs is 1. The molecule has 1 heterocycles. The SMILES string of the molecule is CNC(=O)CCN1C(=O)C(=O)c2ccc(OC)cc21. The number of benzene rings is 1.